The number of hydrogen-bond donors (Lipinski definition) is 1. The first-order valence-electron chi connectivity index (χ1n) is 14.1. The van der Waals surface area contributed by atoms with Crippen molar-refractivity contribution in [1.29, 1.82) is 5.26 Å². The molecule has 1 aromatic heterocycles. The molecule has 0 radical (unpaired) electrons. The number of aromatic nitrogens is 2. The van der Waals surface area contributed by atoms with Gasteiger partial charge in [0.15, 0.2) is 0 Å². The number of nitrogens with zero attached hydrogens (tertiary/aromatic N) is 6. The monoisotopic (exact) mass is 541 g/mol. The highest BCUT2D eigenvalue weighted by Crippen LogP contribution is 2.30. The Labute approximate surface area is 236 Å². The third-order valence-corrected chi connectivity index (χ3v) is 7.55. The summed E-state index contributed by atoms with van der Waals surface area (Å²) in [4.78, 5) is 27.9. The van der Waals surface area contributed by atoms with E-state index in [0.29, 0.717) is 36.1 Å². The predicted octanol–water partition coefficient (Wildman–Crippen LogP) is 4.56. The van der Waals surface area contributed by atoms with Gasteiger partial charge in [-0.2, -0.15) is 5.26 Å². The third-order valence-electron chi connectivity index (χ3n) is 7.55. The number of amides is 1. The lowest BCUT2D eigenvalue weighted by molar-refractivity contribution is 0.0240. The van der Waals surface area contributed by atoms with Crippen LogP contribution in [0.15, 0.2) is 48.8 Å². The highest BCUT2D eigenvalue weighted by atomic mass is 16.6. The topological polar surface area (TPSA) is 97.6 Å². The summed E-state index contributed by atoms with van der Waals surface area (Å²) in [6.45, 7) is 13.5. The van der Waals surface area contributed by atoms with Gasteiger partial charge in [0.1, 0.15) is 22.7 Å². The van der Waals surface area contributed by atoms with E-state index in [1.807, 2.05) is 32.9 Å². The van der Waals surface area contributed by atoms with Crippen molar-refractivity contribution < 1.29 is 9.53 Å². The van der Waals surface area contributed by atoms with Gasteiger partial charge in [0.25, 0.3) is 0 Å². The van der Waals surface area contributed by atoms with E-state index in [0.717, 1.165) is 50.3 Å². The molecule has 2 atom stereocenters. The van der Waals surface area contributed by atoms with E-state index in [4.69, 9.17) is 4.74 Å². The van der Waals surface area contributed by atoms with Crippen LogP contribution in [-0.2, 0) is 11.3 Å². The lowest BCUT2D eigenvalue weighted by Crippen LogP contribution is -2.50. The standard InChI is InChI=1S/C31H39N7O2/c1-22-17-25(21-38(20-22)27-10-7-24(18-32)28-29(27)34-12-11-33-28)35-19-23-5-8-26(9-6-23)36-13-15-37(16-14-36)30(39)40-31(2,3)4/h5-12,22,25,35H,13-17,19-21H2,1-4H3/t22-,25+/m0/s1. The first kappa shape index (κ1) is 27.7. The Bertz CT molecular complexity index is 1370. The summed E-state index contributed by atoms with van der Waals surface area (Å²) in [5.41, 5.74) is 5.00. The van der Waals surface area contributed by atoms with Gasteiger partial charge in [0, 0.05) is 69.9 Å². The SMILES string of the molecule is C[C@H]1C[C@@H](NCc2ccc(N3CCN(C(=O)OC(C)(C)C)CC3)cc2)CN(c2ccc(C#N)c3nccnc23)C1. The second kappa shape index (κ2) is 11.7. The number of carbonyl (C=O) groups excluding carboxylic acids is 1. The Hall–Kier alpha value is -3.90. The Kier molecular flexibility index (Phi) is 8.08. The quantitative estimate of drug-likeness (QED) is 0.502. The lowest BCUT2D eigenvalue weighted by atomic mass is 9.94. The molecule has 0 bridgehead atoms. The number of nitrogens with one attached hydrogen (secondary N) is 1. The average Bonchev–Trinajstić information content (AvgIpc) is 2.94. The predicted molar refractivity (Wildman–Crippen MR) is 157 cm³/mol. The fraction of sp³-hybridized carbons (Fsp3) is 0.484. The number of hydrogen-bond acceptors (Lipinski definition) is 8. The first-order valence-corrected chi connectivity index (χ1v) is 14.1. The summed E-state index contributed by atoms with van der Waals surface area (Å²) in [5.74, 6) is 0.523. The van der Waals surface area contributed by atoms with E-state index in [1.54, 1.807) is 17.3 Å². The third kappa shape index (κ3) is 6.45. The molecule has 3 aromatic rings. The van der Waals surface area contributed by atoms with Crippen molar-refractivity contribution in [3.05, 3.63) is 59.9 Å². The second-order valence-electron chi connectivity index (χ2n) is 11.9. The Morgan fingerprint density at radius 2 is 1.70 bits per heavy atom. The summed E-state index contributed by atoms with van der Waals surface area (Å²) in [7, 11) is 0. The number of ether oxygens (including phenoxy) is 1. The molecular formula is C31H39N7O2. The summed E-state index contributed by atoms with van der Waals surface area (Å²) in [5, 5.41) is 13.3. The molecule has 2 fully saturated rings. The van der Waals surface area contributed by atoms with Crippen LogP contribution in [0.1, 0.15) is 45.2 Å². The molecule has 3 heterocycles. The van der Waals surface area contributed by atoms with Crippen molar-refractivity contribution in [2.45, 2.75) is 52.3 Å². The van der Waals surface area contributed by atoms with Crippen LogP contribution in [0.2, 0.25) is 0 Å². The van der Waals surface area contributed by atoms with E-state index in [2.05, 4.69) is 62.3 Å². The van der Waals surface area contributed by atoms with E-state index in [9.17, 15) is 10.1 Å². The van der Waals surface area contributed by atoms with Crippen LogP contribution in [-0.4, -0.2) is 71.9 Å². The molecule has 9 heteroatoms. The minimum Gasteiger partial charge on any atom is -0.444 e. The number of piperidine rings is 1. The molecule has 2 aliphatic heterocycles. The van der Waals surface area contributed by atoms with Crippen LogP contribution in [0, 0.1) is 17.2 Å². The van der Waals surface area contributed by atoms with Gasteiger partial charge in [0.2, 0.25) is 0 Å². The highest BCUT2D eigenvalue weighted by molar-refractivity contribution is 5.92. The van der Waals surface area contributed by atoms with Gasteiger partial charge in [-0.3, -0.25) is 9.97 Å². The Morgan fingerprint density at radius 1 is 1.00 bits per heavy atom. The molecule has 9 nitrogen and oxygen atoms in total. The number of fused-ring (bicyclic) bond motifs is 1. The molecule has 2 saturated heterocycles. The number of carbonyl (C=O) groups is 1. The number of benzene rings is 2. The van der Waals surface area contributed by atoms with Crippen molar-refractivity contribution in [2.75, 3.05) is 49.1 Å². The zero-order valence-electron chi connectivity index (χ0n) is 23.9. The molecule has 2 aromatic carbocycles. The molecule has 1 amide bonds. The smallest absolute Gasteiger partial charge is 0.410 e. The van der Waals surface area contributed by atoms with Crippen molar-refractivity contribution >= 4 is 28.5 Å². The van der Waals surface area contributed by atoms with Crippen molar-refractivity contribution in [2.24, 2.45) is 5.92 Å². The van der Waals surface area contributed by atoms with Gasteiger partial charge in [-0.25, -0.2) is 4.79 Å². The van der Waals surface area contributed by atoms with Crippen molar-refractivity contribution in [3.8, 4) is 6.07 Å². The van der Waals surface area contributed by atoms with Crippen LogP contribution in [0.4, 0.5) is 16.2 Å². The molecule has 2 aliphatic rings. The van der Waals surface area contributed by atoms with Gasteiger partial charge in [-0.1, -0.05) is 19.1 Å². The highest BCUT2D eigenvalue weighted by Gasteiger charge is 2.28. The zero-order valence-corrected chi connectivity index (χ0v) is 23.9. The maximum absolute atomic E-state index is 12.4. The van der Waals surface area contributed by atoms with Crippen LogP contribution in [0.3, 0.4) is 0 Å². The number of nitriles is 1. The Morgan fingerprint density at radius 3 is 2.38 bits per heavy atom. The Balaban J connectivity index is 1.16. The van der Waals surface area contributed by atoms with Crippen LogP contribution < -0.4 is 15.1 Å². The fourth-order valence-corrected chi connectivity index (χ4v) is 5.64. The molecule has 5 rings (SSSR count). The zero-order chi connectivity index (χ0) is 28.3. The summed E-state index contributed by atoms with van der Waals surface area (Å²) < 4.78 is 5.52. The first-order chi connectivity index (χ1) is 19.2. The minimum atomic E-state index is -0.473. The molecule has 0 saturated carbocycles. The molecule has 0 aliphatic carbocycles. The van der Waals surface area contributed by atoms with Crippen molar-refractivity contribution in [1.82, 2.24) is 20.2 Å². The van der Waals surface area contributed by atoms with E-state index in [1.165, 1.54) is 11.3 Å². The fourth-order valence-electron chi connectivity index (χ4n) is 5.64. The number of piperazine rings is 1. The summed E-state index contributed by atoms with van der Waals surface area (Å²) in [6.07, 6.45) is 4.21. The maximum Gasteiger partial charge on any atom is 0.410 e. The molecule has 1 N–H and O–H groups in total. The number of rotatable bonds is 5. The van der Waals surface area contributed by atoms with Gasteiger partial charge in [0.05, 0.1) is 11.3 Å². The van der Waals surface area contributed by atoms with Crippen LogP contribution >= 0.6 is 0 Å². The summed E-state index contributed by atoms with van der Waals surface area (Å²) in [6, 6.07) is 15.2. The van der Waals surface area contributed by atoms with Crippen LogP contribution in [0.5, 0.6) is 0 Å². The minimum absolute atomic E-state index is 0.232. The van der Waals surface area contributed by atoms with E-state index < -0.39 is 5.60 Å². The molecule has 40 heavy (non-hydrogen) atoms. The maximum atomic E-state index is 12.4. The molecule has 0 spiro atoms. The van der Waals surface area contributed by atoms with E-state index in [-0.39, 0.29) is 6.09 Å². The van der Waals surface area contributed by atoms with Gasteiger partial charge in [-0.05, 0) is 62.9 Å². The summed E-state index contributed by atoms with van der Waals surface area (Å²) >= 11 is 0. The van der Waals surface area contributed by atoms with Gasteiger partial charge < -0.3 is 24.8 Å². The number of anilines is 2. The van der Waals surface area contributed by atoms with Crippen molar-refractivity contribution in [3.63, 3.8) is 0 Å². The molecule has 210 valence electrons. The average molecular weight is 542 g/mol. The largest absolute Gasteiger partial charge is 0.444 e. The van der Waals surface area contributed by atoms with E-state index >= 15 is 0 Å². The van der Waals surface area contributed by atoms with Crippen LogP contribution in [0.25, 0.3) is 11.0 Å². The lowest BCUT2D eigenvalue weighted by Gasteiger charge is -2.38. The normalized spacial score (nSPS) is 19.9. The molecular weight excluding hydrogens is 502 g/mol. The van der Waals surface area contributed by atoms with Gasteiger partial charge in [-0.15, -0.1) is 0 Å². The second-order valence-corrected chi connectivity index (χ2v) is 11.9. The van der Waals surface area contributed by atoms with Gasteiger partial charge >= 0.3 is 6.09 Å². The molecule has 0 unspecified atom stereocenters.